The van der Waals surface area contributed by atoms with Gasteiger partial charge in [-0.25, -0.2) is 0 Å². The van der Waals surface area contributed by atoms with Crippen LogP contribution in [-0.2, 0) is 28.6 Å². The molecule has 0 saturated heterocycles. The molecule has 0 aromatic rings. The van der Waals surface area contributed by atoms with E-state index >= 15 is 0 Å². The quantitative estimate of drug-likeness (QED) is 0.0263. The van der Waals surface area contributed by atoms with Gasteiger partial charge in [0.05, 0.1) is 0 Å². The van der Waals surface area contributed by atoms with Crippen LogP contribution in [0.1, 0.15) is 284 Å². The fraction of sp³-hybridized carbons (Fsp3) is 0.870. The number of hydrogen-bond donors (Lipinski definition) is 0. The van der Waals surface area contributed by atoms with Crippen LogP contribution >= 0.6 is 0 Å². The molecule has 0 aliphatic carbocycles. The average molecular weight is 845 g/mol. The van der Waals surface area contributed by atoms with Crippen LogP contribution in [0.4, 0.5) is 0 Å². The predicted octanol–water partition coefficient (Wildman–Crippen LogP) is 17.2. The molecule has 0 N–H and O–H groups in total. The molecule has 0 bridgehead atoms. The first-order chi connectivity index (χ1) is 29.5. The summed E-state index contributed by atoms with van der Waals surface area (Å²) in [5.41, 5.74) is 0. The number of allylic oxidation sites excluding steroid dienone is 4. The van der Waals surface area contributed by atoms with E-state index in [1.807, 2.05) is 0 Å². The van der Waals surface area contributed by atoms with E-state index in [1.165, 1.54) is 167 Å². The molecule has 0 radical (unpaired) electrons. The Labute approximate surface area is 373 Å². The Balaban J connectivity index is 4.35. The smallest absolute Gasteiger partial charge is 0.306 e. The maximum atomic E-state index is 12.8. The third-order valence-corrected chi connectivity index (χ3v) is 11.7. The van der Waals surface area contributed by atoms with E-state index in [-0.39, 0.29) is 31.1 Å². The van der Waals surface area contributed by atoms with E-state index in [4.69, 9.17) is 14.2 Å². The molecule has 6 heteroatoms. The van der Waals surface area contributed by atoms with Gasteiger partial charge in [0, 0.05) is 19.3 Å². The monoisotopic (exact) mass is 845 g/mol. The van der Waals surface area contributed by atoms with Crippen molar-refractivity contribution >= 4 is 17.9 Å². The molecular formula is C54H100O6. The van der Waals surface area contributed by atoms with Gasteiger partial charge in [0.2, 0.25) is 0 Å². The number of esters is 3. The van der Waals surface area contributed by atoms with Crippen LogP contribution in [0.15, 0.2) is 24.3 Å². The van der Waals surface area contributed by atoms with Gasteiger partial charge in [0.25, 0.3) is 0 Å². The largest absolute Gasteiger partial charge is 0.462 e. The Morgan fingerprint density at radius 1 is 0.333 bits per heavy atom. The molecule has 0 aromatic carbocycles. The predicted molar refractivity (Wildman–Crippen MR) is 256 cm³/mol. The van der Waals surface area contributed by atoms with Crippen LogP contribution in [0.25, 0.3) is 0 Å². The van der Waals surface area contributed by atoms with Crippen LogP contribution in [0.2, 0.25) is 0 Å². The van der Waals surface area contributed by atoms with Crippen LogP contribution in [-0.4, -0.2) is 37.2 Å². The van der Waals surface area contributed by atoms with Gasteiger partial charge in [-0.3, -0.25) is 14.4 Å². The van der Waals surface area contributed by atoms with E-state index in [1.54, 1.807) is 0 Å². The second-order valence-electron chi connectivity index (χ2n) is 17.8. The van der Waals surface area contributed by atoms with E-state index in [0.29, 0.717) is 19.3 Å². The molecule has 1 unspecified atom stereocenters. The van der Waals surface area contributed by atoms with Gasteiger partial charge in [-0.1, -0.05) is 244 Å². The molecule has 0 rings (SSSR count). The zero-order valence-electron chi connectivity index (χ0n) is 40.2. The molecule has 0 aliphatic heterocycles. The van der Waals surface area contributed by atoms with Crippen molar-refractivity contribution in [3.8, 4) is 0 Å². The Morgan fingerprint density at radius 2 is 0.617 bits per heavy atom. The van der Waals surface area contributed by atoms with Crippen LogP contribution in [0.5, 0.6) is 0 Å². The lowest BCUT2D eigenvalue weighted by Crippen LogP contribution is -2.30. The second kappa shape index (κ2) is 49.5. The molecular weight excluding hydrogens is 745 g/mol. The maximum absolute atomic E-state index is 12.8. The van der Waals surface area contributed by atoms with Gasteiger partial charge >= 0.3 is 17.9 Å². The Morgan fingerprint density at radius 3 is 0.967 bits per heavy atom. The fourth-order valence-electron chi connectivity index (χ4n) is 7.70. The SMILES string of the molecule is CCCC/C=C\C/C=C\CCCCCCCC(=O)OCC(COC(=O)CCCCCCCCCCCCCCCC)OC(=O)CCCCCCCCCCCCCCCC. The summed E-state index contributed by atoms with van der Waals surface area (Å²) in [7, 11) is 0. The highest BCUT2D eigenvalue weighted by Crippen LogP contribution is 2.16. The minimum Gasteiger partial charge on any atom is -0.462 e. The van der Waals surface area contributed by atoms with Crippen molar-refractivity contribution < 1.29 is 28.6 Å². The zero-order chi connectivity index (χ0) is 43.7. The number of hydrogen-bond acceptors (Lipinski definition) is 6. The van der Waals surface area contributed by atoms with E-state index in [2.05, 4.69) is 45.1 Å². The summed E-state index contributed by atoms with van der Waals surface area (Å²) in [5, 5.41) is 0. The van der Waals surface area contributed by atoms with Gasteiger partial charge in [-0.05, 0) is 44.9 Å². The number of carbonyl (C=O) groups is 3. The van der Waals surface area contributed by atoms with E-state index < -0.39 is 6.10 Å². The molecule has 1 atom stereocenters. The summed E-state index contributed by atoms with van der Waals surface area (Å²) in [6.45, 7) is 6.62. The van der Waals surface area contributed by atoms with Crippen molar-refractivity contribution in [2.24, 2.45) is 0 Å². The van der Waals surface area contributed by atoms with Crippen molar-refractivity contribution in [2.45, 2.75) is 290 Å². The number of carbonyl (C=O) groups excluding carboxylic acids is 3. The third-order valence-electron chi connectivity index (χ3n) is 11.7. The van der Waals surface area contributed by atoms with Crippen LogP contribution in [0, 0.1) is 0 Å². The number of rotatable bonds is 48. The minimum absolute atomic E-state index is 0.0706. The first-order valence-corrected chi connectivity index (χ1v) is 26.3. The summed E-state index contributed by atoms with van der Waals surface area (Å²) in [6, 6.07) is 0. The van der Waals surface area contributed by atoms with Crippen molar-refractivity contribution in [3.63, 3.8) is 0 Å². The lowest BCUT2D eigenvalue weighted by molar-refractivity contribution is -0.167. The van der Waals surface area contributed by atoms with Gasteiger partial charge in [-0.2, -0.15) is 0 Å². The average Bonchev–Trinajstić information content (AvgIpc) is 3.24. The highest BCUT2D eigenvalue weighted by atomic mass is 16.6. The molecule has 6 nitrogen and oxygen atoms in total. The molecule has 0 heterocycles. The molecule has 352 valence electrons. The standard InChI is InChI=1S/C54H100O6/c1-4-7-10-13-16-19-22-25-28-31-34-37-40-43-46-52(55)58-49-51(60-54(57)48-45-42-39-36-33-30-27-24-21-18-15-12-9-6-3)50-59-53(56)47-44-41-38-35-32-29-26-23-20-17-14-11-8-5-2/h13,16,22,25,51H,4-12,14-15,17-21,23-24,26-50H2,1-3H3/b16-13-,25-22-. The Hall–Kier alpha value is -2.11. The lowest BCUT2D eigenvalue weighted by Gasteiger charge is -2.18. The molecule has 0 aromatic heterocycles. The topological polar surface area (TPSA) is 78.9 Å². The van der Waals surface area contributed by atoms with Crippen molar-refractivity contribution in [2.75, 3.05) is 13.2 Å². The first-order valence-electron chi connectivity index (χ1n) is 26.3. The zero-order valence-corrected chi connectivity index (χ0v) is 40.2. The molecule has 0 saturated carbocycles. The summed E-state index contributed by atoms with van der Waals surface area (Å²) in [5.74, 6) is -0.869. The van der Waals surface area contributed by atoms with E-state index in [9.17, 15) is 14.4 Å². The van der Waals surface area contributed by atoms with Gasteiger partial charge in [0.1, 0.15) is 13.2 Å². The fourth-order valence-corrected chi connectivity index (χ4v) is 7.70. The van der Waals surface area contributed by atoms with E-state index in [0.717, 1.165) is 77.0 Å². The van der Waals surface area contributed by atoms with Gasteiger partial charge in [0.15, 0.2) is 6.10 Å². The maximum Gasteiger partial charge on any atom is 0.306 e. The highest BCUT2D eigenvalue weighted by Gasteiger charge is 2.19. The Kier molecular flexibility index (Phi) is 47.8. The van der Waals surface area contributed by atoms with Crippen molar-refractivity contribution in [3.05, 3.63) is 24.3 Å². The number of unbranched alkanes of at least 4 members (excludes halogenated alkanes) is 33. The van der Waals surface area contributed by atoms with Gasteiger partial charge < -0.3 is 14.2 Å². The molecule has 0 fully saturated rings. The van der Waals surface area contributed by atoms with Crippen molar-refractivity contribution in [1.29, 1.82) is 0 Å². The first kappa shape index (κ1) is 57.9. The number of ether oxygens (including phenoxy) is 3. The normalized spacial score (nSPS) is 12.1. The molecule has 0 spiro atoms. The van der Waals surface area contributed by atoms with Gasteiger partial charge in [-0.15, -0.1) is 0 Å². The lowest BCUT2D eigenvalue weighted by atomic mass is 10.0. The Bertz CT molecular complexity index is 973. The third kappa shape index (κ3) is 46.9. The van der Waals surface area contributed by atoms with Crippen LogP contribution in [0.3, 0.4) is 0 Å². The summed E-state index contributed by atoms with van der Waals surface area (Å²) < 4.78 is 16.8. The summed E-state index contributed by atoms with van der Waals surface area (Å²) >= 11 is 0. The molecule has 0 amide bonds. The van der Waals surface area contributed by atoms with Crippen LogP contribution < -0.4 is 0 Å². The summed E-state index contributed by atoms with van der Waals surface area (Å²) in [4.78, 5) is 38.0. The highest BCUT2D eigenvalue weighted by molar-refractivity contribution is 5.71. The second-order valence-corrected chi connectivity index (χ2v) is 17.8. The molecule has 60 heavy (non-hydrogen) atoms. The molecule has 0 aliphatic rings. The summed E-state index contributed by atoms with van der Waals surface area (Å²) in [6.07, 6.45) is 55.8. The van der Waals surface area contributed by atoms with Crippen molar-refractivity contribution in [1.82, 2.24) is 0 Å². The minimum atomic E-state index is -0.770.